The molecule has 3 aromatic carbocycles. The zero-order chi connectivity index (χ0) is 28.5. The molecule has 11 heteroatoms. The highest BCUT2D eigenvalue weighted by Crippen LogP contribution is 2.36. The van der Waals surface area contributed by atoms with Crippen molar-refractivity contribution >= 4 is 52.3 Å². The lowest BCUT2D eigenvalue weighted by atomic mass is 10.0. The van der Waals surface area contributed by atoms with E-state index in [4.69, 9.17) is 37.4 Å². The molecule has 4 rings (SSSR count). The number of H-pyrrole nitrogens is 1. The number of ether oxygens (including phenoxy) is 3. The van der Waals surface area contributed by atoms with Crippen molar-refractivity contribution in [2.24, 2.45) is 5.10 Å². The first kappa shape index (κ1) is 28.8. The Bertz CT molecular complexity index is 1500. The highest BCUT2D eigenvalue weighted by molar-refractivity contribution is 6.32. The topological polar surface area (TPSA) is 114 Å². The number of halogens is 2. The molecule has 1 aromatic heterocycles. The minimum atomic E-state index is -0.933. The van der Waals surface area contributed by atoms with Crippen molar-refractivity contribution in [1.29, 1.82) is 0 Å². The molecule has 0 aliphatic carbocycles. The second-order valence-electron chi connectivity index (χ2n) is 8.66. The maximum absolute atomic E-state index is 13.0. The molecule has 3 N–H and O–H groups in total. The number of carbonyl (C=O) groups is 2. The van der Waals surface area contributed by atoms with Gasteiger partial charge < -0.3 is 24.5 Å². The molecule has 1 heterocycles. The Morgan fingerprint density at radius 3 is 2.62 bits per heavy atom. The second kappa shape index (κ2) is 13.7. The van der Waals surface area contributed by atoms with Crippen LogP contribution in [0.15, 0.2) is 72.0 Å². The molecule has 40 heavy (non-hydrogen) atoms. The van der Waals surface area contributed by atoms with Crippen LogP contribution in [0.2, 0.25) is 10.0 Å². The van der Waals surface area contributed by atoms with Crippen LogP contribution < -0.4 is 20.2 Å². The third kappa shape index (κ3) is 7.46. The van der Waals surface area contributed by atoms with Gasteiger partial charge in [0, 0.05) is 28.5 Å². The maximum atomic E-state index is 13.0. The van der Waals surface area contributed by atoms with Gasteiger partial charge in [0.05, 0.1) is 25.0 Å². The van der Waals surface area contributed by atoms with Crippen LogP contribution in [-0.4, -0.2) is 43.0 Å². The Balaban J connectivity index is 1.45. The van der Waals surface area contributed by atoms with Crippen molar-refractivity contribution in [3.63, 3.8) is 0 Å². The van der Waals surface area contributed by atoms with Crippen molar-refractivity contribution in [3.8, 4) is 11.5 Å². The van der Waals surface area contributed by atoms with Gasteiger partial charge in [-0.1, -0.05) is 53.5 Å². The summed E-state index contributed by atoms with van der Waals surface area (Å²) in [5.74, 6) is 0.253. The Labute approximate surface area is 241 Å². The summed E-state index contributed by atoms with van der Waals surface area (Å²) in [5, 5.41) is 8.57. The van der Waals surface area contributed by atoms with Crippen LogP contribution in [-0.2, 0) is 22.6 Å². The minimum Gasteiger partial charge on any atom is -0.493 e. The lowest BCUT2D eigenvalue weighted by Crippen LogP contribution is -2.47. The van der Waals surface area contributed by atoms with Gasteiger partial charge in [0.2, 0.25) is 0 Å². The highest BCUT2D eigenvalue weighted by Gasteiger charge is 2.23. The van der Waals surface area contributed by atoms with Crippen molar-refractivity contribution in [1.82, 2.24) is 15.7 Å². The van der Waals surface area contributed by atoms with E-state index in [-0.39, 0.29) is 19.6 Å². The van der Waals surface area contributed by atoms with Gasteiger partial charge >= 0.3 is 6.09 Å². The fourth-order valence-corrected chi connectivity index (χ4v) is 4.38. The molecule has 208 valence electrons. The Morgan fingerprint density at radius 1 is 1.10 bits per heavy atom. The van der Waals surface area contributed by atoms with E-state index < -0.39 is 18.0 Å². The van der Waals surface area contributed by atoms with E-state index in [2.05, 4.69) is 20.8 Å². The number of amides is 2. The summed E-state index contributed by atoms with van der Waals surface area (Å²) >= 11 is 12.4. The van der Waals surface area contributed by atoms with Gasteiger partial charge in [-0.2, -0.15) is 5.10 Å². The summed E-state index contributed by atoms with van der Waals surface area (Å²) < 4.78 is 16.3. The van der Waals surface area contributed by atoms with Crippen LogP contribution in [0.1, 0.15) is 23.6 Å². The first-order valence-electron chi connectivity index (χ1n) is 12.4. The predicted molar refractivity (Wildman–Crippen MR) is 155 cm³/mol. The van der Waals surface area contributed by atoms with E-state index in [0.29, 0.717) is 27.1 Å². The summed E-state index contributed by atoms with van der Waals surface area (Å²) in [5.41, 5.74) is 5.75. The molecular formula is C29H28Cl2N4O5. The molecule has 0 saturated heterocycles. The molecule has 0 bridgehead atoms. The second-order valence-corrected chi connectivity index (χ2v) is 9.51. The van der Waals surface area contributed by atoms with Crippen molar-refractivity contribution in [3.05, 3.63) is 93.6 Å². The molecule has 0 unspecified atom stereocenters. The number of hydrazone groups is 1. The normalized spacial score (nSPS) is 11.8. The molecule has 0 spiro atoms. The van der Waals surface area contributed by atoms with E-state index >= 15 is 0 Å². The summed E-state index contributed by atoms with van der Waals surface area (Å²) in [7, 11) is 1.50. The van der Waals surface area contributed by atoms with Gasteiger partial charge in [0.15, 0.2) is 11.5 Å². The number of rotatable bonds is 11. The first-order valence-corrected chi connectivity index (χ1v) is 13.2. The quantitative estimate of drug-likeness (QED) is 0.151. The summed E-state index contributed by atoms with van der Waals surface area (Å²) in [6.07, 6.45) is 2.76. The maximum Gasteiger partial charge on any atom is 0.407 e. The molecule has 4 aromatic rings. The molecule has 0 aliphatic rings. The van der Waals surface area contributed by atoms with Gasteiger partial charge in [-0.3, -0.25) is 4.79 Å². The molecule has 9 nitrogen and oxygen atoms in total. The van der Waals surface area contributed by atoms with E-state index in [9.17, 15) is 9.59 Å². The zero-order valence-corrected chi connectivity index (χ0v) is 23.4. The molecule has 2 amide bonds. The molecule has 1 atom stereocenters. The van der Waals surface area contributed by atoms with Gasteiger partial charge in [0.25, 0.3) is 5.91 Å². The Hall–Kier alpha value is -4.21. The SMILES string of the molecule is CCOC(=O)N[C@H](Cc1c[nH]c2ccccc12)C(=O)N/N=C\c1cc(Cl)c(OCc2ccc(Cl)cc2)c(OC)c1. The third-order valence-electron chi connectivity index (χ3n) is 5.92. The van der Waals surface area contributed by atoms with Crippen LogP contribution in [0.4, 0.5) is 4.79 Å². The molecular weight excluding hydrogens is 555 g/mol. The fraction of sp³-hybridized carbons (Fsp3) is 0.207. The predicted octanol–water partition coefficient (Wildman–Crippen LogP) is 5.87. The molecule has 0 fully saturated rings. The Morgan fingerprint density at radius 2 is 1.88 bits per heavy atom. The third-order valence-corrected chi connectivity index (χ3v) is 6.45. The minimum absolute atomic E-state index is 0.174. The lowest BCUT2D eigenvalue weighted by molar-refractivity contribution is -0.123. The molecule has 0 saturated carbocycles. The number of carbonyl (C=O) groups excluding carboxylic acids is 2. The lowest BCUT2D eigenvalue weighted by Gasteiger charge is -2.16. The van der Waals surface area contributed by atoms with Gasteiger partial charge in [-0.15, -0.1) is 0 Å². The zero-order valence-electron chi connectivity index (χ0n) is 21.9. The van der Waals surface area contributed by atoms with Crippen LogP contribution in [0, 0.1) is 0 Å². The summed E-state index contributed by atoms with van der Waals surface area (Å²) in [6.45, 7) is 2.13. The first-order chi connectivity index (χ1) is 19.4. The number of alkyl carbamates (subject to hydrolysis) is 1. The van der Waals surface area contributed by atoms with Crippen molar-refractivity contribution in [2.75, 3.05) is 13.7 Å². The number of methoxy groups -OCH3 is 1. The summed E-state index contributed by atoms with van der Waals surface area (Å²) in [6, 6.07) is 17.4. The monoisotopic (exact) mass is 582 g/mol. The van der Waals surface area contributed by atoms with Crippen LogP contribution >= 0.6 is 23.2 Å². The number of benzene rings is 3. The smallest absolute Gasteiger partial charge is 0.407 e. The number of hydrogen-bond acceptors (Lipinski definition) is 6. The van der Waals surface area contributed by atoms with Crippen molar-refractivity contribution in [2.45, 2.75) is 26.0 Å². The number of para-hydroxylation sites is 1. The highest BCUT2D eigenvalue weighted by atomic mass is 35.5. The number of hydrogen-bond donors (Lipinski definition) is 3. The number of nitrogens with one attached hydrogen (secondary N) is 3. The van der Waals surface area contributed by atoms with Gasteiger partial charge in [0.1, 0.15) is 12.6 Å². The number of nitrogens with zero attached hydrogens (tertiary/aromatic N) is 1. The average molecular weight is 583 g/mol. The fourth-order valence-electron chi connectivity index (χ4n) is 3.98. The van der Waals surface area contributed by atoms with E-state index in [0.717, 1.165) is 22.0 Å². The van der Waals surface area contributed by atoms with Crippen LogP contribution in [0.3, 0.4) is 0 Å². The van der Waals surface area contributed by atoms with E-state index in [1.165, 1.54) is 13.3 Å². The average Bonchev–Trinajstić information content (AvgIpc) is 3.35. The molecule has 0 radical (unpaired) electrons. The standard InChI is InChI=1S/C29H28Cl2N4O5/c1-3-39-29(37)34-25(14-20-16-32-24-7-5-4-6-22(20)24)28(36)35-33-15-19-12-23(31)27(26(13-19)38-2)40-17-18-8-10-21(30)11-9-18/h4-13,15-16,25,32H,3,14,17H2,1-2H3,(H,34,37)(H,35,36)/b33-15-/t25-/m1/s1. The molecule has 0 aliphatic heterocycles. The van der Waals surface area contributed by atoms with E-state index in [1.54, 1.807) is 31.2 Å². The van der Waals surface area contributed by atoms with Crippen LogP contribution in [0.25, 0.3) is 10.9 Å². The Kier molecular flexibility index (Phi) is 9.88. The number of aromatic amines is 1. The number of fused-ring (bicyclic) bond motifs is 1. The van der Waals surface area contributed by atoms with E-state index in [1.807, 2.05) is 42.6 Å². The van der Waals surface area contributed by atoms with Gasteiger partial charge in [-0.05, 0) is 53.9 Å². The largest absolute Gasteiger partial charge is 0.493 e. The van der Waals surface area contributed by atoms with Gasteiger partial charge in [-0.25, -0.2) is 10.2 Å². The van der Waals surface area contributed by atoms with Crippen LogP contribution in [0.5, 0.6) is 11.5 Å². The number of aromatic nitrogens is 1. The summed E-state index contributed by atoms with van der Waals surface area (Å²) in [4.78, 5) is 28.3. The van der Waals surface area contributed by atoms with Crippen molar-refractivity contribution < 1.29 is 23.8 Å².